The fourth-order valence-electron chi connectivity index (χ4n) is 1.15. The van der Waals surface area contributed by atoms with Crippen molar-refractivity contribution in [2.45, 2.75) is 19.0 Å². The molecule has 0 spiro atoms. The lowest BCUT2D eigenvalue weighted by molar-refractivity contribution is -0.108. The molecular weight excluding hydrogens is 212 g/mol. The third-order valence-electron chi connectivity index (χ3n) is 1.83. The molecule has 1 rings (SSSR count). The van der Waals surface area contributed by atoms with Crippen molar-refractivity contribution in [3.63, 3.8) is 0 Å². The van der Waals surface area contributed by atoms with E-state index in [1.165, 1.54) is 0 Å². The van der Waals surface area contributed by atoms with E-state index in [1.807, 2.05) is 0 Å². The Bertz CT molecular complexity index is 293. The molecule has 0 saturated carbocycles. The van der Waals surface area contributed by atoms with E-state index in [4.69, 9.17) is 9.47 Å². The summed E-state index contributed by atoms with van der Waals surface area (Å²) < 4.78 is 10.3. The molecule has 0 bridgehead atoms. The quantitative estimate of drug-likeness (QED) is 0.697. The minimum atomic E-state index is -0.404. The summed E-state index contributed by atoms with van der Waals surface area (Å²) in [7, 11) is 3.19. The maximum atomic E-state index is 5.13. The van der Waals surface area contributed by atoms with E-state index in [1.54, 1.807) is 38.2 Å². The van der Waals surface area contributed by atoms with Crippen molar-refractivity contribution in [2.75, 3.05) is 20.0 Å². The Labute approximate surface area is 94.4 Å². The van der Waals surface area contributed by atoms with Crippen molar-refractivity contribution in [2.24, 2.45) is 0 Å². The molecule has 15 heavy (non-hydrogen) atoms. The molecule has 0 unspecified atom stereocenters. The average molecular weight is 228 g/mol. The Kier molecular flexibility index (Phi) is 5.60. The predicted molar refractivity (Wildman–Crippen MR) is 60.6 cm³/mol. The summed E-state index contributed by atoms with van der Waals surface area (Å²) in [5.74, 6) is 2.70. The molecule has 1 aromatic rings. The van der Waals surface area contributed by atoms with Crippen LogP contribution in [0.3, 0.4) is 0 Å². The second kappa shape index (κ2) is 6.76. The Morgan fingerprint density at radius 2 is 2.13 bits per heavy atom. The van der Waals surface area contributed by atoms with E-state index >= 15 is 0 Å². The highest BCUT2D eigenvalue weighted by Gasteiger charge is 2.11. The molecular formula is C10H16N2O2S. The predicted octanol–water partition coefficient (Wildman–Crippen LogP) is 2.02. The number of methoxy groups -OCH3 is 2. The van der Waals surface area contributed by atoms with E-state index < -0.39 is 6.29 Å². The largest absolute Gasteiger partial charge is 0.350 e. The van der Waals surface area contributed by atoms with Gasteiger partial charge in [0.2, 0.25) is 6.29 Å². The lowest BCUT2D eigenvalue weighted by Crippen LogP contribution is -2.08. The van der Waals surface area contributed by atoms with Crippen LogP contribution in [-0.4, -0.2) is 29.9 Å². The maximum absolute atomic E-state index is 5.13. The van der Waals surface area contributed by atoms with Crippen molar-refractivity contribution < 1.29 is 9.47 Å². The first-order chi connectivity index (χ1) is 7.31. The van der Waals surface area contributed by atoms with Gasteiger partial charge in [-0.2, -0.15) is 11.8 Å². The van der Waals surface area contributed by atoms with E-state index in [2.05, 4.69) is 16.9 Å². The molecule has 0 radical (unpaired) electrons. The molecule has 0 atom stereocenters. The minimum absolute atomic E-state index is 0.404. The standard InChI is InChI=1S/C10H16N2O2S/c1-4-15-7-9-11-6-5-8(12-9)10(13-2)14-3/h5-6,10H,4,7H2,1-3H3. The highest BCUT2D eigenvalue weighted by atomic mass is 32.2. The summed E-state index contributed by atoms with van der Waals surface area (Å²) in [5, 5.41) is 0. The van der Waals surface area contributed by atoms with Crippen molar-refractivity contribution in [1.82, 2.24) is 9.97 Å². The van der Waals surface area contributed by atoms with Crippen molar-refractivity contribution in [1.29, 1.82) is 0 Å². The molecule has 0 aliphatic carbocycles. The molecule has 84 valence electrons. The van der Waals surface area contributed by atoms with Crippen LogP contribution in [0.2, 0.25) is 0 Å². The van der Waals surface area contributed by atoms with E-state index in [-0.39, 0.29) is 0 Å². The summed E-state index contributed by atoms with van der Waals surface area (Å²) in [6.45, 7) is 2.11. The van der Waals surface area contributed by atoms with Crippen LogP contribution in [0.25, 0.3) is 0 Å². The fraction of sp³-hybridized carbons (Fsp3) is 0.600. The van der Waals surface area contributed by atoms with Crippen LogP contribution in [0.1, 0.15) is 24.7 Å². The summed E-state index contributed by atoms with van der Waals surface area (Å²) >= 11 is 1.79. The summed E-state index contributed by atoms with van der Waals surface area (Å²) in [4.78, 5) is 8.56. The van der Waals surface area contributed by atoms with Gasteiger partial charge in [0.05, 0.1) is 11.4 Å². The van der Waals surface area contributed by atoms with Crippen LogP contribution in [0.4, 0.5) is 0 Å². The van der Waals surface area contributed by atoms with Crippen molar-refractivity contribution in [3.8, 4) is 0 Å². The van der Waals surface area contributed by atoms with Crippen molar-refractivity contribution >= 4 is 11.8 Å². The van der Waals surface area contributed by atoms with E-state index in [0.29, 0.717) is 0 Å². The molecule has 0 N–H and O–H groups in total. The van der Waals surface area contributed by atoms with Crippen LogP contribution in [0.5, 0.6) is 0 Å². The summed E-state index contributed by atoms with van der Waals surface area (Å²) in [5.41, 5.74) is 0.765. The Hall–Kier alpha value is -0.650. The van der Waals surface area contributed by atoms with Gasteiger partial charge in [0.15, 0.2) is 0 Å². The molecule has 0 amide bonds. The van der Waals surface area contributed by atoms with Crippen LogP contribution < -0.4 is 0 Å². The number of nitrogens with zero attached hydrogens (tertiary/aromatic N) is 2. The van der Waals surface area contributed by atoms with Gasteiger partial charge in [-0.05, 0) is 11.8 Å². The monoisotopic (exact) mass is 228 g/mol. The van der Waals surface area contributed by atoms with Gasteiger partial charge in [-0.15, -0.1) is 0 Å². The second-order valence-electron chi connectivity index (χ2n) is 2.84. The van der Waals surface area contributed by atoms with Crippen LogP contribution in [0.15, 0.2) is 12.3 Å². The van der Waals surface area contributed by atoms with E-state index in [0.717, 1.165) is 23.0 Å². The third-order valence-corrected chi connectivity index (χ3v) is 2.70. The molecule has 4 nitrogen and oxygen atoms in total. The number of hydrogen-bond acceptors (Lipinski definition) is 5. The number of hydrogen-bond donors (Lipinski definition) is 0. The zero-order chi connectivity index (χ0) is 11.1. The number of thioether (sulfide) groups is 1. The van der Waals surface area contributed by atoms with Gasteiger partial charge in [0.1, 0.15) is 5.82 Å². The lowest BCUT2D eigenvalue weighted by Gasteiger charge is -2.12. The van der Waals surface area contributed by atoms with Gasteiger partial charge < -0.3 is 9.47 Å². The SMILES string of the molecule is CCSCc1nccc(C(OC)OC)n1. The van der Waals surface area contributed by atoms with Gasteiger partial charge in [-0.3, -0.25) is 0 Å². The number of aromatic nitrogens is 2. The van der Waals surface area contributed by atoms with Crippen LogP contribution in [-0.2, 0) is 15.2 Å². The normalized spacial score (nSPS) is 10.9. The molecule has 1 heterocycles. The number of rotatable bonds is 6. The average Bonchev–Trinajstić information content (AvgIpc) is 2.29. The number of ether oxygens (including phenoxy) is 2. The van der Waals surface area contributed by atoms with Gasteiger partial charge in [0.25, 0.3) is 0 Å². The maximum Gasteiger partial charge on any atom is 0.200 e. The van der Waals surface area contributed by atoms with Gasteiger partial charge in [-0.25, -0.2) is 9.97 Å². The van der Waals surface area contributed by atoms with Crippen molar-refractivity contribution in [3.05, 3.63) is 23.8 Å². The zero-order valence-corrected chi connectivity index (χ0v) is 10.1. The first-order valence-electron chi connectivity index (χ1n) is 4.77. The molecule has 0 saturated heterocycles. The highest BCUT2D eigenvalue weighted by Crippen LogP contribution is 2.15. The first-order valence-corrected chi connectivity index (χ1v) is 5.92. The van der Waals surface area contributed by atoms with Gasteiger partial charge in [0, 0.05) is 20.4 Å². The molecule has 0 aromatic carbocycles. The molecule has 0 fully saturated rings. The Morgan fingerprint density at radius 3 is 2.73 bits per heavy atom. The smallest absolute Gasteiger partial charge is 0.200 e. The molecule has 0 aliphatic rings. The summed E-state index contributed by atoms with van der Waals surface area (Å²) in [6, 6.07) is 1.80. The second-order valence-corrected chi connectivity index (χ2v) is 4.11. The van der Waals surface area contributed by atoms with E-state index in [9.17, 15) is 0 Å². The highest BCUT2D eigenvalue weighted by molar-refractivity contribution is 7.98. The zero-order valence-electron chi connectivity index (χ0n) is 9.27. The van der Waals surface area contributed by atoms with Crippen LogP contribution in [0, 0.1) is 0 Å². The Balaban J connectivity index is 2.72. The first kappa shape index (κ1) is 12.4. The van der Waals surface area contributed by atoms with Gasteiger partial charge in [-0.1, -0.05) is 6.92 Å². The van der Waals surface area contributed by atoms with Gasteiger partial charge >= 0.3 is 0 Å². The minimum Gasteiger partial charge on any atom is -0.350 e. The Morgan fingerprint density at radius 1 is 1.40 bits per heavy atom. The third kappa shape index (κ3) is 3.77. The summed E-state index contributed by atoms with van der Waals surface area (Å²) in [6.07, 6.45) is 1.33. The van der Waals surface area contributed by atoms with Crippen LogP contribution >= 0.6 is 11.8 Å². The molecule has 1 aromatic heterocycles. The molecule has 0 aliphatic heterocycles. The fourth-order valence-corrected chi connectivity index (χ4v) is 1.67. The lowest BCUT2D eigenvalue weighted by atomic mass is 10.4. The topological polar surface area (TPSA) is 44.2 Å². The molecule has 5 heteroatoms.